The van der Waals surface area contributed by atoms with Crippen molar-refractivity contribution in [3.63, 3.8) is 0 Å². The van der Waals surface area contributed by atoms with Crippen molar-refractivity contribution < 1.29 is 14.3 Å². The zero-order valence-corrected chi connectivity index (χ0v) is 11.5. The number of ether oxygens (including phenoxy) is 1. The number of rotatable bonds is 2. The molecule has 0 saturated carbocycles. The molecular formula is C13H19N3O3. The van der Waals surface area contributed by atoms with Gasteiger partial charge in [0.2, 0.25) is 0 Å². The Kier molecular flexibility index (Phi) is 3.59. The normalized spacial score (nSPS) is 18.6. The number of hydrogen-bond acceptors (Lipinski definition) is 4. The quantitative estimate of drug-likeness (QED) is 0.823. The van der Waals surface area contributed by atoms with Crippen molar-refractivity contribution in [3.05, 3.63) is 17.5 Å². The fourth-order valence-electron chi connectivity index (χ4n) is 2.11. The number of aldehydes is 1. The molecule has 1 aromatic heterocycles. The number of carbonyl (C=O) groups is 2. The van der Waals surface area contributed by atoms with Gasteiger partial charge in [-0.25, -0.2) is 4.79 Å². The number of carbonyl (C=O) groups excluding carboxylic acids is 2. The second-order valence-corrected chi connectivity index (χ2v) is 5.74. The lowest BCUT2D eigenvalue weighted by molar-refractivity contribution is 0.0491. The third kappa shape index (κ3) is 3.56. The average molecular weight is 265 g/mol. The first kappa shape index (κ1) is 13.6. The van der Waals surface area contributed by atoms with Gasteiger partial charge in [-0.05, 0) is 39.7 Å². The topological polar surface area (TPSA) is 73.2 Å². The van der Waals surface area contributed by atoms with Crippen LogP contribution < -0.4 is 5.32 Å². The molecule has 0 fully saturated rings. The van der Waals surface area contributed by atoms with Crippen LogP contribution in [-0.2, 0) is 17.7 Å². The fourth-order valence-corrected chi connectivity index (χ4v) is 2.11. The highest BCUT2D eigenvalue weighted by Gasteiger charge is 2.24. The Hall–Kier alpha value is -1.85. The van der Waals surface area contributed by atoms with Crippen LogP contribution >= 0.6 is 0 Å². The van der Waals surface area contributed by atoms with Gasteiger partial charge in [-0.15, -0.1) is 0 Å². The number of amides is 1. The Balaban J connectivity index is 1.94. The number of nitrogens with zero attached hydrogens (tertiary/aromatic N) is 2. The molecule has 0 saturated heterocycles. The molecular weight excluding hydrogens is 246 g/mol. The Labute approximate surface area is 112 Å². The van der Waals surface area contributed by atoms with E-state index >= 15 is 0 Å². The standard InChI is InChI=1S/C13H19N3O3/c1-13(2,3)19-12(18)14-9-4-5-11-6-10(8-17)15-16(11)7-9/h6,8-9H,4-5,7H2,1-3H3,(H,14,18)/t9-/m1/s1. The van der Waals surface area contributed by atoms with E-state index in [2.05, 4.69) is 10.4 Å². The van der Waals surface area contributed by atoms with Gasteiger partial charge in [-0.1, -0.05) is 0 Å². The Morgan fingerprint density at radius 2 is 2.32 bits per heavy atom. The van der Waals surface area contributed by atoms with Crippen LogP contribution in [0.5, 0.6) is 0 Å². The molecule has 0 radical (unpaired) electrons. The molecule has 0 bridgehead atoms. The SMILES string of the molecule is CC(C)(C)OC(=O)N[C@@H]1CCc2cc(C=O)nn2C1. The Morgan fingerprint density at radius 3 is 2.95 bits per heavy atom. The lowest BCUT2D eigenvalue weighted by atomic mass is 10.1. The maximum Gasteiger partial charge on any atom is 0.407 e. The summed E-state index contributed by atoms with van der Waals surface area (Å²) in [6.45, 7) is 6.06. The minimum atomic E-state index is -0.500. The van der Waals surface area contributed by atoms with Crippen molar-refractivity contribution in [2.75, 3.05) is 0 Å². The summed E-state index contributed by atoms with van der Waals surface area (Å²) in [6, 6.07) is 1.78. The van der Waals surface area contributed by atoms with E-state index in [1.807, 2.05) is 20.8 Å². The second kappa shape index (κ2) is 5.03. The summed E-state index contributed by atoms with van der Waals surface area (Å²) in [7, 11) is 0. The average Bonchev–Trinajstić information content (AvgIpc) is 2.68. The van der Waals surface area contributed by atoms with Crippen molar-refractivity contribution in [1.29, 1.82) is 0 Å². The summed E-state index contributed by atoms with van der Waals surface area (Å²) in [4.78, 5) is 22.4. The molecule has 0 aliphatic carbocycles. The van der Waals surface area contributed by atoms with Gasteiger partial charge in [0, 0.05) is 5.69 Å². The molecule has 1 aromatic rings. The minimum Gasteiger partial charge on any atom is -0.444 e. The molecule has 19 heavy (non-hydrogen) atoms. The van der Waals surface area contributed by atoms with Crippen LogP contribution in [0.25, 0.3) is 0 Å². The zero-order chi connectivity index (χ0) is 14.0. The molecule has 1 atom stereocenters. The molecule has 0 unspecified atom stereocenters. The van der Waals surface area contributed by atoms with Crippen molar-refractivity contribution in [3.8, 4) is 0 Å². The van der Waals surface area contributed by atoms with Gasteiger partial charge in [0.1, 0.15) is 11.3 Å². The Morgan fingerprint density at radius 1 is 1.58 bits per heavy atom. The minimum absolute atomic E-state index is 0.0123. The fraction of sp³-hybridized carbons (Fsp3) is 0.615. The van der Waals surface area contributed by atoms with E-state index in [1.165, 1.54) is 0 Å². The monoisotopic (exact) mass is 265 g/mol. The van der Waals surface area contributed by atoms with Crippen molar-refractivity contribution >= 4 is 12.4 Å². The highest BCUT2D eigenvalue weighted by Crippen LogP contribution is 2.16. The third-order valence-electron chi connectivity index (χ3n) is 2.87. The first-order valence-electron chi connectivity index (χ1n) is 6.39. The molecule has 1 amide bonds. The van der Waals surface area contributed by atoms with Crippen molar-refractivity contribution in [1.82, 2.24) is 15.1 Å². The van der Waals surface area contributed by atoms with Gasteiger partial charge in [-0.3, -0.25) is 9.48 Å². The summed E-state index contributed by atoms with van der Waals surface area (Å²) in [6.07, 6.45) is 1.94. The van der Waals surface area contributed by atoms with Crippen LogP contribution in [0.2, 0.25) is 0 Å². The van der Waals surface area contributed by atoms with Gasteiger partial charge in [0.15, 0.2) is 6.29 Å². The van der Waals surface area contributed by atoms with Crippen molar-refractivity contribution in [2.45, 2.75) is 51.8 Å². The van der Waals surface area contributed by atoms with Crippen LogP contribution in [0.1, 0.15) is 43.4 Å². The van der Waals surface area contributed by atoms with Gasteiger partial charge in [0.25, 0.3) is 0 Å². The maximum atomic E-state index is 11.7. The number of fused-ring (bicyclic) bond motifs is 1. The zero-order valence-electron chi connectivity index (χ0n) is 11.5. The van der Waals surface area contributed by atoms with Crippen LogP contribution in [0.3, 0.4) is 0 Å². The first-order chi connectivity index (χ1) is 8.87. The predicted octanol–water partition coefficient (Wildman–Crippen LogP) is 1.54. The summed E-state index contributed by atoms with van der Waals surface area (Å²) in [5.74, 6) is 0. The van der Waals surface area contributed by atoms with Crippen molar-refractivity contribution in [2.24, 2.45) is 0 Å². The largest absolute Gasteiger partial charge is 0.444 e. The lowest BCUT2D eigenvalue weighted by Crippen LogP contribution is -2.43. The van der Waals surface area contributed by atoms with Crippen LogP contribution in [0.4, 0.5) is 4.79 Å². The molecule has 6 heteroatoms. The molecule has 0 aromatic carbocycles. The molecule has 2 rings (SSSR count). The summed E-state index contributed by atoms with van der Waals surface area (Å²) < 4.78 is 6.99. The molecule has 2 heterocycles. The number of hydrogen-bond donors (Lipinski definition) is 1. The number of aromatic nitrogens is 2. The van der Waals surface area contributed by atoms with Gasteiger partial charge in [0.05, 0.1) is 12.6 Å². The summed E-state index contributed by atoms with van der Waals surface area (Å²) in [5, 5.41) is 6.99. The van der Waals surface area contributed by atoms with E-state index < -0.39 is 11.7 Å². The molecule has 104 valence electrons. The molecule has 6 nitrogen and oxygen atoms in total. The predicted molar refractivity (Wildman–Crippen MR) is 69.1 cm³/mol. The first-order valence-corrected chi connectivity index (χ1v) is 6.39. The van der Waals surface area contributed by atoms with E-state index in [4.69, 9.17) is 4.74 Å². The van der Waals surface area contributed by atoms with E-state index in [0.717, 1.165) is 24.8 Å². The highest BCUT2D eigenvalue weighted by molar-refractivity contribution is 5.71. The van der Waals surface area contributed by atoms with Gasteiger partial charge < -0.3 is 10.1 Å². The van der Waals surface area contributed by atoms with Crippen LogP contribution in [0.15, 0.2) is 6.07 Å². The Bertz CT molecular complexity index is 488. The molecule has 1 N–H and O–H groups in total. The molecule has 1 aliphatic rings. The van der Waals surface area contributed by atoms with Crippen LogP contribution in [0, 0.1) is 0 Å². The molecule has 1 aliphatic heterocycles. The third-order valence-corrected chi connectivity index (χ3v) is 2.87. The van der Waals surface area contributed by atoms with E-state index in [1.54, 1.807) is 10.7 Å². The van der Waals surface area contributed by atoms with Gasteiger partial charge >= 0.3 is 6.09 Å². The maximum absolute atomic E-state index is 11.7. The second-order valence-electron chi connectivity index (χ2n) is 5.74. The van der Waals surface area contributed by atoms with Gasteiger partial charge in [-0.2, -0.15) is 5.10 Å². The number of nitrogens with one attached hydrogen (secondary N) is 1. The van der Waals surface area contributed by atoms with E-state index in [9.17, 15) is 9.59 Å². The highest BCUT2D eigenvalue weighted by atomic mass is 16.6. The summed E-state index contributed by atoms with van der Waals surface area (Å²) >= 11 is 0. The van der Waals surface area contributed by atoms with E-state index in [0.29, 0.717) is 12.2 Å². The number of alkyl carbamates (subject to hydrolysis) is 1. The number of aryl methyl sites for hydroxylation is 1. The molecule has 0 spiro atoms. The van der Waals surface area contributed by atoms with E-state index in [-0.39, 0.29) is 6.04 Å². The lowest BCUT2D eigenvalue weighted by Gasteiger charge is -2.26. The van der Waals surface area contributed by atoms with Crippen LogP contribution in [-0.4, -0.2) is 33.8 Å². The summed E-state index contributed by atoms with van der Waals surface area (Å²) in [5.41, 5.74) is 0.970. The smallest absolute Gasteiger partial charge is 0.407 e.